The second kappa shape index (κ2) is 6.09. The molecule has 2 aromatic carbocycles. The lowest BCUT2D eigenvalue weighted by Crippen LogP contribution is -2.12. The van der Waals surface area contributed by atoms with Crippen LogP contribution in [0.3, 0.4) is 0 Å². The summed E-state index contributed by atoms with van der Waals surface area (Å²) in [6.45, 7) is 4.63. The smallest absolute Gasteiger partial charge is 0.0962 e. The molecule has 0 amide bonds. The Labute approximate surface area is 119 Å². The number of nitrogens with one attached hydrogen (secondary N) is 1. The molecule has 0 aliphatic carbocycles. The van der Waals surface area contributed by atoms with E-state index in [-0.39, 0.29) is 0 Å². The Kier molecular flexibility index (Phi) is 4.46. The average Bonchev–Trinajstić information content (AvgIpc) is 2.41. The first-order valence-corrected chi connectivity index (χ1v) is 6.69. The van der Waals surface area contributed by atoms with Crippen LogP contribution in [0.2, 0.25) is 5.02 Å². The van der Waals surface area contributed by atoms with Gasteiger partial charge in [-0.15, -0.1) is 0 Å². The number of hydrogen-bond acceptors (Lipinski definition) is 2. The van der Waals surface area contributed by atoms with Crippen LogP contribution in [-0.4, -0.2) is 11.7 Å². The molecule has 0 aromatic heterocycles. The maximum atomic E-state index is 10.1. The molecule has 0 saturated heterocycles. The van der Waals surface area contributed by atoms with Crippen LogP contribution in [0.15, 0.2) is 42.5 Å². The Morgan fingerprint density at radius 1 is 1.11 bits per heavy atom. The zero-order valence-electron chi connectivity index (χ0n) is 11.2. The topological polar surface area (TPSA) is 32.3 Å². The largest absolute Gasteiger partial charge is 0.387 e. The molecule has 1 atom stereocenters. The lowest BCUT2D eigenvalue weighted by atomic mass is 10.1. The number of rotatable bonds is 4. The molecule has 19 heavy (non-hydrogen) atoms. The highest BCUT2D eigenvalue weighted by atomic mass is 35.5. The Morgan fingerprint density at radius 2 is 1.79 bits per heavy atom. The number of benzene rings is 2. The van der Waals surface area contributed by atoms with Gasteiger partial charge in [-0.1, -0.05) is 35.9 Å². The fourth-order valence-electron chi connectivity index (χ4n) is 1.95. The van der Waals surface area contributed by atoms with Crippen molar-refractivity contribution in [1.82, 2.24) is 0 Å². The van der Waals surface area contributed by atoms with Crippen molar-refractivity contribution in [2.45, 2.75) is 20.0 Å². The van der Waals surface area contributed by atoms with Crippen LogP contribution in [0, 0.1) is 13.8 Å². The molecule has 0 aliphatic rings. The fraction of sp³-hybridized carbons (Fsp3) is 0.250. The third-order valence-electron chi connectivity index (χ3n) is 3.35. The Morgan fingerprint density at radius 3 is 2.47 bits per heavy atom. The molecule has 100 valence electrons. The van der Waals surface area contributed by atoms with Crippen molar-refractivity contribution in [1.29, 1.82) is 0 Å². The third kappa shape index (κ3) is 3.49. The molecule has 2 nitrogen and oxygen atoms in total. The summed E-state index contributed by atoms with van der Waals surface area (Å²) in [7, 11) is 0. The molecule has 0 heterocycles. The maximum absolute atomic E-state index is 10.1. The van der Waals surface area contributed by atoms with Gasteiger partial charge in [-0.3, -0.25) is 0 Å². The van der Waals surface area contributed by atoms with Crippen LogP contribution in [0.5, 0.6) is 0 Å². The van der Waals surface area contributed by atoms with Crippen LogP contribution in [0.1, 0.15) is 22.8 Å². The molecule has 2 N–H and O–H groups in total. The summed E-state index contributed by atoms with van der Waals surface area (Å²) in [4.78, 5) is 0. The molecule has 0 spiro atoms. The lowest BCUT2D eigenvalue weighted by Gasteiger charge is -2.15. The molecule has 0 aliphatic heterocycles. The predicted molar refractivity (Wildman–Crippen MR) is 80.8 cm³/mol. The molecular weight excluding hydrogens is 258 g/mol. The van der Waals surface area contributed by atoms with E-state index in [1.54, 1.807) is 12.1 Å². The van der Waals surface area contributed by atoms with Gasteiger partial charge in [0.05, 0.1) is 6.10 Å². The molecule has 3 heteroatoms. The molecule has 2 rings (SSSR count). The normalized spacial score (nSPS) is 12.2. The average molecular weight is 276 g/mol. The van der Waals surface area contributed by atoms with E-state index in [4.69, 9.17) is 11.6 Å². The van der Waals surface area contributed by atoms with Gasteiger partial charge < -0.3 is 10.4 Å². The molecule has 1 unspecified atom stereocenters. The number of aliphatic hydroxyl groups is 1. The van der Waals surface area contributed by atoms with Gasteiger partial charge in [0, 0.05) is 17.3 Å². The van der Waals surface area contributed by atoms with E-state index in [0.717, 1.165) is 11.3 Å². The van der Waals surface area contributed by atoms with Crippen molar-refractivity contribution >= 4 is 17.3 Å². The van der Waals surface area contributed by atoms with Gasteiger partial charge in [0.1, 0.15) is 0 Å². The highest BCUT2D eigenvalue weighted by Gasteiger charge is 2.08. The fourth-order valence-corrected chi connectivity index (χ4v) is 2.08. The van der Waals surface area contributed by atoms with Crippen LogP contribution < -0.4 is 5.32 Å². The monoisotopic (exact) mass is 275 g/mol. The molecule has 0 fully saturated rings. The van der Waals surface area contributed by atoms with Gasteiger partial charge >= 0.3 is 0 Å². The molecule has 2 aromatic rings. The van der Waals surface area contributed by atoms with Gasteiger partial charge in [0.15, 0.2) is 0 Å². The predicted octanol–water partition coefficient (Wildman–Crippen LogP) is 4.10. The highest BCUT2D eigenvalue weighted by molar-refractivity contribution is 6.30. The summed E-state index contributed by atoms with van der Waals surface area (Å²) in [5.74, 6) is 0. The summed E-state index contributed by atoms with van der Waals surface area (Å²) in [6.07, 6.45) is -0.544. The van der Waals surface area contributed by atoms with Crippen LogP contribution in [-0.2, 0) is 0 Å². The van der Waals surface area contributed by atoms with Crippen LogP contribution >= 0.6 is 11.6 Å². The van der Waals surface area contributed by atoms with Gasteiger partial charge in [-0.05, 0) is 48.7 Å². The minimum Gasteiger partial charge on any atom is -0.387 e. The number of aliphatic hydroxyl groups excluding tert-OH is 1. The number of anilines is 1. The molecule has 0 saturated carbocycles. The summed E-state index contributed by atoms with van der Waals surface area (Å²) in [5.41, 5.74) is 4.38. The second-order valence-corrected chi connectivity index (χ2v) is 5.13. The van der Waals surface area contributed by atoms with Gasteiger partial charge in [0.25, 0.3) is 0 Å². The van der Waals surface area contributed by atoms with Crippen LogP contribution in [0.4, 0.5) is 5.69 Å². The van der Waals surface area contributed by atoms with Gasteiger partial charge in [-0.2, -0.15) is 0 Å². The maximum Gasteiger partial charge on any atom is 0.0962 e. The zero-order chi connectivity index (χ0) is 13.8. The van der Waals surface area contributed by atoms with E-state index in [9.17, 15) is 5.11 Å². The Hall–Kier alpha value is -1.51. The summed E-state index contributed by atoms with van der Waals surface area (Å²) >= 11 is 5.83. The third-order valence-corrected chi connectivity index (χ3v) is 3.60. The van der Waals surface area contributed by atoms with Gasteiger partial charge in [-0.25, -0.2) is 0 Å². The zero-order valence-corrected chi connectivity index (χ0v) is 11.9. The summed E-state index contributed by atoms with van der Waals surface area (Å²) < 4.78 is 0. The second-order valence-electron chi connectivity index (χ2n) is 4.70. The van der Waals surface area contributed by atoms with E-state index < -0.39 is 6.10 Å². The first kappa shape index (κ1) is 13.9. The van der Waals surface area contributed by atoms with Crippen molar-refractivity contribution in [2.24, 2.45) is 0 Å². The number of hydrogen-bond donors (Lipinski definition) is 2. The molecule has 0 bridgehead atoms. The van der Waals surface area contributed by atoms with Crippen molar-refractivity contribution < 1.29 is 5.11 Å². The minimum absolute atomic E-state index is 0.478. The Bertz CT molecular complexity index is 551. The van der Waals surface area contributed by atoms with Crippen molar-refractivity contribution in [3.05, 3.63) is 64.2 Å². The molecular formula is C16H18ClNO. The van der Waals surface area contributed by atoms with E-state index in [0.29, 0.717) is 11.6 Å². The number of halogens is 1. The standard InChI is InChI=1S/C16H18ClNO/c1-11-4-3-5-15(12(11)2)18-10-16(19)13-6-8-14(17)9-7-13/h3-9,16,18-19H,10H2,1-2H3. The van der Waals surface area contributed by atoms with E-state index in [1.807, 2.05) is 24.3 Å². The SMILES string of the molecule is Cc1cccc(NCC(O)c2ccc(Cl)cc2)c1C. The highest BCUT2D eigenvalue weighted by Crippen LogP contribution is 2.20. The van der Waals surface area contributed by atoms with E-state index in [2.05, 4.69) is 25.2 Å². The lowest BCUT2D eigenvalue weighted by molar-refractivity contribution is 0.191. The van der Waals surface area contributed by atoms with Crippen LogP contribution in [0.25, 0.3) is 0 Å². The first-order valence-electron chi connectivity index (χ1n) is 6.31. The van der Waals surface area contributed by atoms with Crippen molar-refractivity contribution in [3.8, 4) is 0 Å². The first-order chi connectivity index (χ1) is 9.08. The molecule has 0 radical (unpaired) electrons. The summed E-state index contributed by atoms with van der Waals surface area (Å²) in [6, 6.07) is 13.4. The van der Waals surface area contributed by atoms with E-state index >= 15 is 0 Å². The summed E-state index contributed by atoms with van der Waals surface area (Å²) in [5, 5.41) is 14.1. The van der Waals surface area contributed by atoms with E-state index in [1.165, 1.54) is 11.1 Å². The van der Waals surface area contributed by atoms with Crippen molar-refractivity contribution in [3.63, 3.8) is 0 Å². The van der Waals surface area contributed by atoms with Gasteiger partial charge in [0.2, 0.25) is 0 Å². The van der Waals surface area contributed by atoms with Crippen molar-refractivity contribution in [2.75, 3.05) is 11.9 Å². The quantitative estimate of drug-likeness (QED) is 0.880. The minimum atomic E-state index is -0.544. The Balaban J connectivity index is 2.02. The number of aryl methyl sites for hydroxylation is 1.